The number of hydrogen-bond acceptors (Lipinski definition) is 5. The summed E-state index contributed by atoms with van der Waals surface area (Å²) in [6, 6.07) is -1.21. The number of nitrogens with two attached hydrogens (primary N) is 1. The van der Waals surface area contributed by atoms with Gasteiger partial charge < -0.3 is 25.5 Å². The molecule has 0 heterocycles. The normalized spacial score (nSPS) is 11.4. The maximum absolute atomic E-state index is 9.86. The minimum atomic E-state index is -1.44. The molecule has 0 aliphatic carbocycles. The molecule has 1 unspecified atom stereocenters. The summed E-state index contributed by atoms with van der Waals surface area (Å²) in [5.74, 6) is -2.75. The van der Waals surface area contributed by atoms with Crippen molar-refractivity contribution in [3.05, 3.63) is 0 Å². The van der Waals surface area contributed by atoms with E-state index < -0.39 is 18.0 Å². The quantitative estimate of drug-likeness (QED) is 0.480. The fourth-order valence-corrected chi connectivity index (χ4v) is 0.391. The van der Waals surface area contributed by atoms with Crippen molar-refractivity contribution < 1.29 is 36.3 Å². The van der Waals surface area contributed by atoms with Crippen LogP contribution in [-0.4, -0.2) is 18.0 Å². The van der Waals surface area contributed by atoms with E-state index in [4.69, 9.17) is 5.73 Å². The minimum Gasteiger partial charge on any atom is -0.550 e. The van der Waals surface area contributed by atoms with Crippen molar-refractivity contribution in [3.8, 4) is 0 Å². The van der Waals surface area contributed by atoms with Crippen LogP contribution in [0.25, 0.3) is 0 Å². The molecule has 66 valence electrons. The molecule has 0 saturated heterocycles. The molecule has 2 N–H and O–H groups in total. The van der Waals surface area contributed by atoms with Crippen LogP contribution < -0.4 is 15.9 Å². The summed E-state index contributed by atoms with van der Waals surface area (Å²) in [5, 5.41) is 19.6. The SMILES string of the molecule is NC(CCC(=O)[O-])C(=O)[O-].[Ni+2]. The van der Waals surface area contributed by atoms with Gasteiger partial charge in [-0.3, -0.25) is 0 Å². The van der Waals surface area contributed by atoms with Crippen LogP contribution in [-0.2, 0) is 26.1 Å². The predicted octanol–water partition coefficient (Wildman–Crippen LogP) is -3.41. The fourth-order valence-electron chi connectivity index (χ4n) is 0.391. The van der Waals surface area contributed by atoms with Crippen LogP contribution in [0.1, 0.15) is 12.8 Å². The van der Waals surface area contributed by atoms with Gasteiger partial charge in [0, 0.05) is 12.0 Å². The van der Waals surface area contributed by atoms with Crippen molar-refractivity contribution in [1.29, 1.82) is 0 Å². The number of carboxylic acid groups (broad SMARTS) is 2. The third-order valence-electron chi connectivity index (χ3n) is 0.962. The average molecular weight is 204 g/mol. The van der Waals surface area contributed by atoms with Crippen LogP contribution in [0.5, 0.6) is 0 Å². The summed E-state index contributed by atoms with van der Waals surface area (Å²) in [5.41, 5.74) is 4.91. The second-order valence-electron chi connectivity index (χ2n) is 1.84. The molecule has 0 aromatic carbocycles. The Morgan fingerprint density at radius 1 is 1.36 bits per heavy atom. The van der Waals surface area contributed by atoms with Gasteiger partial charge in [-0.1, -0.05) is 0 Å². The Labute approximate surface area is 73.5 Å². The fraction of sp³-hybridized carbons (Fsp3) is 0.600. The van der Waals surface area contributed by atoms with Crippen molar-refractivity contribution in [2.45, 2.75) is 18.9 Å². The van der Waals surface area contributed by atoms with Gasteiger partial charge in [-0.15, -0.1) is 0 Å². The third kappa shape index (κ3) is 7.29. The molecule has 0 aromatic rings. The zero-order valence-electron chi connectivity index (χ0n) is 5.52. The molecule has 11 heavy (non-hydrogen) atoms. The Bertz CT molecular complexity index is 149. The monoisotopic (exact) mass is 203 g/mol. The van der Waals surface area contributed by atoms with Gasteiger partial charge in [-0.25, -0.2) is 0 Å². The smallest absolute Gasteiger partial charge is 0.550 e. The van der Waals surface area contributed by atoms with Crippen LogP contribution >= 0.6 is 0 Å². The molecule has 0 bridgehead atoms. The second kappa shape index (κ2) is 6.13. The van der Waals surface area contributed by atoms with Crippen LogP contribution in [0.15, 0.2) is 0 Å². The first-order valence-electron chi connectivity index (χ1n) is 2.70. The van der Waals surface area contributed by atoms with Crippen molar-refractivity contribution in [2.24, 2.45) is 5.73 Å². The number of aliphatic carboxylic acids is 2. The molecule has 5 nitrogen and oxygen atoms in total. The van der Waals surface area contributed by atoms with Crippen LogP contribution in [0, 0.1) is 0 Å². The minimum absolute atomic E-state index is 0. The van der Waals surface area contributed by atoms with E-state index in [9.17, 15) is 19.8 Å². The van der Waals surface area contributed by atoms with Gasteiger partial charge >= 0.3 is 16.5 Å². The topological polar surface area (TPSA) is 106 Å². The standard InChI is InChI=1S/C5H9NO4.Ni/c6-3(5(9)10)1-2-4(7)8;/h3H,1-2,6H2,(H,7,8)(H,9,10);/q;+2/p-2. The first-order valence-corrected chi connectivity index (χ1v) is 2.70. The molecule has 0 radical (unpaired) electrons. The van der Waals surface area contributed by atoms with Crippen LogP contribution in [0.4, 0.5) is 0 Å². The average Bonchev–Trinajstić information content (AvgIpc) is 1.82. The molecule has 0 amide bonds. The molecular formula is C5H7NNiO4. The first kappa shape index (κ1) is 13.0. The Balaban J connectivity index is 0. The Morgan fingerprint density at radius 3 is 2.09 bits per heavy atom. The van der Waals surface area contributed by atoms with Gasteiger partial charge in [-0.2, -0.15) is 0 Å². The molecule has 0 saturated carbocycles. The number of carboxylic acids is 2. The van der Waals surface area contributed by atoms with Gasteiger partial charge in [0.25, 0.3) is 0 Å². The number of carbonyl (C=O) groups is 2. The summed E-state index contributed by atoms with van der Waals surface area (Å²) in [6.07, 6.45) is -0.500. The van der Waals surface area contributed by atoms with Gasteiger partial charge in [-0.05, 0) is 12.8 Å². The van der Waals surface area contributed by atoms with Crippen molar-refractivity contribution in [3.63, 3.8) is 0 Å². The number of carbonyl (C=O) groups excluding carboxylic acids is 2. The maximum Gasteiger partial charge on any atom is 2.00 e. The van der Waals surface area contributed by atoms with Gasteiger partial charge in [0.05, 0.1) is 5.97 Å². The molecule has 0 aromatic heterocycles. The molecule has 0 rings (SSSR count). The summed E-state index contributed by atoms with van der Waals surface area (Å²) in [4.78, 5) is 19.6. The van der Waals surface area contributed by atoms with E-state index in [1.165, 1.54) is 0 Å². The predicted molar refractivity (Wildman–Crippen MR) is 27.2 cm³/mol. The second-order valence-corrected chi connectivity index (χ2v) is 1.84. The van der Waals surface area contributed by atoms with E-state index in [2.05, 4.69) is 0 Å². The Morgan fingerprint density at radius 2 is 1.82 bits per heavy atom. The van der Waals surface area contributed by atoms with Gasteiger partial charge in [0.15, 0.2) is 0 Å². The summed E-state index contributed by atoms with van der Waals surface area (Å²) >= 11 is 0. The van der Waals surface area contributed by atoms with Crippen molar-refractivity contribution >= 4 is 11.9 Å². The molecule has 6 heteroatoms. The summed E-state index contributed by atoms with van der Waals surface area (Å²) in [6.45, 7) is 0. The van der Waals surface area contributed by atoms with E-state index in [0.29, 0.717) is 0 Å². The molecule has 1 atom stereocenters. The maximum atomic E-state index is 9.86. The number of hydrogen-bond donors (Lipinski definition) is 1. The summed E-state index contributed by atoms with van der Waals surface area (Å²) < 4.78 is 0. The van der Waals surface area contributed by atoms with Gasteiger partial charge in [0.1, 0.15) is 0 Å². The molecular weight excluding hydrogens is 197 g/mol. The van der Waals surface area contributed by atoms with Crippen LogP contribution in [0.3, 0.4) is 0 Å². The first-order chi connectivity index (χ1) is 4.54. The third-order valence-corrected chi connectivity index (χ3v) is 0.962. The van der Waals surface area contributed by atoms with E-state index in [1.54, 1.807) is 0 Å². The van der Waals surface area contributed by atoms with E-state index in [0.717, 1.165) is 0 Å². The van der Waals surface area contributed by atoms with Gasteiger partial charge in [0.2, 0.25) is 0 Å². The zero-order chi connectivity index (χ0) is 8.15. The molecule has 0 aliphatic rings. The molecule has 0 spiro atoms. The number of rotatable bonds is 4. The Kier molecular flexibility index (Phi) is 7.25. The van der Waals surface area contributed by atoms with Crippen molar-refractivity contribution in [2.75, 3.05) is 0 Å². The molecule has 0 fully saturated rings. The van der Waals surface area contributed by atoms with E-state index >= 15 is 0 Å². The van der Waals surface area contributed by atoms with Crippen LogP contribution in [0.2, 0.25) is 0 Å². The van der Waals surface area contributed by atoms with Crippen molar-refractivity contribution in [1.82, 2.24) is 0 Å². The zero-order valence-corrected chi connectivity index (χ0v) is 6.51. The Hall–Kier alpha value is -0.606. The summed E-state index contributed by atoms with van der Waals surface area (Å²) in [7, 11) is 0. The largest absolute Gasteiger partial charge is 2.00 e. The molecule has 0 aliphatic heterocycles. The van der Waals surface area contributed by atoms with E-state index in [-0.39, 0.29) is 29.3 Å². The van der Waals surface area contributed by atoms with E-state index in [1.807, 2.05) is 0 Å².